The molecule has 1 aliphatic heterocycles. The van der Waals surface area contributed by atoms with Crippen molar-refractivity contribution in [1.82, 2.24) is 14.2 Å². The smallest absolute Gasteiger partial charge is 0.284 e. The van der Waals surface area contributed by atoms with Gasteiger partial charge in [-0.15, -0.1) is 9.19 Å². The number of anilines is 1. The molecular formula is C15H17ClN4O3S. The molecule has 1 unspecified atom stereocenters. The molecule has 1 aromatic carbocycles. The van der Waals surface area contributed by atoms with E-state index in [2.05, 4.69) is 10.1 Å². The zero-order valence-corrected chi connectivity index (χ0v) is 14.6. The molecular weight excluding hydrogens is 352 g/mol. The van der Waals surface area contributed by atoms with Gasteiger partial charge in [-0.3, -0.25) is 0 Å². The molecule has 0 bridgehead atoms. The van der Waals surface area contributed by atoms with E-state index in [1.807, 2.05) is 6.92 Å². The van der Waals surface area contributed by atoms with Crippen LogP contribution in [0.25, 0.3) is 0 Å². The minimum Gasteiger partial charge on any atom is -0.489 e. The van der Waals surface area contributed by atoms with Gasteiger partial charge in [0.05, 0.1) is 9.92 Å². The number of hydrogen-bond donors (Lipinski definition) is 1. The van der Waals surface area contributed by atoms with E-state index in [1.165, 1.54) is 6.07 Å². The quantitative estimate of drug-likeness (QED) is 0.892. The van der Waals surface area contributed by atoms with Crippen molar-refractivity contribution in [3.05, 3.63) is 28.5 Å². The summed E-state index contributed by atoms with van der Waals surface area (Å²) in [4.78, 5) is 4.20. The van der Waals surface area contributed by atoms with Gasteiger partial charge in [-0.2, -0.15) is 13.4 Å². The van der Waals surface area contributed by atoms with Crippen LogP contribution >= 0.6 is 11.6 Å². The molecule has 0 spiro atoms. The second-order valence-electron chi connectivity index (χ2n) is 6.33. The lowest BCUT2D eigenvalue weighted by atomic mass is 9.85. The Morgan fingerprint density at radius 2 is 2.12 bits per heavy atom. The van der Waals surface area contributed by atoms with Gasteiger partial charge < -0.3 is 10.5 Å². The molecule has 7 nitrogen and oxygen atoms in total. The van der Waals surface area contributed by atoms with Crippen molar-refractivity contribution in [3.8, 4) is 5.75 Å². The van der Waals surface area contributed by atoms with Crippen LogP contribution in [0, 0.1) is 0 Å². The first-order valence-electron chi connectivity index (χ1n) is 7.83. The highest BCUT2D eigenvalue weighted by atomic mass is 35.5. The number of fused-ring (bicyclic) bond motifs is 1. The van der Waals surface area contributed by atoms with Crippen LogP contribution in [0.4, 0.5) is 5.95 Å². The van der Waals surface area contributed by atoms with Crippen LogP contribution in [-0.4, -0.2) is 28.7 Å². The average Bonchev–Trinajstić information content (AvgIpc) is 3.00. The fraction of sp³-hybridized carbons (Fsp3) is 0.467. The van der Waals surface area contributed by atoms with E-state index in [1.54, 1.807) is 6.07 Å². The van der Waals surface area contributed by atoms with Crippen LogP contribution in [0.5, 0.6) is 5.75 Å². The second kappa shape index (κ2) is 5.35. The summed E-state index contributed by atoms with van der Waals surface area (Å²) in [5.74, 6) is 1.00. The SMILES string of the molecule is CC1Cc2cc(S(=O)(=O)n3nc(N)nc3C3CCC3)cc(Cl)c2O1. The number of hydrogen-bond acceptors (Lipinski definition) is 6. The van der Waals surface area contributed by atoms with Crippen LogP contribution in [0.3, 0.4) is 0 Å². The number of halogens is 1. The lowest BCUT2D eigenvalue weighted by molar-refractivity contribution is 0.255. The normalized spacial score (nSPS) is 20.5. The van der Waals surface area contributed by atoms with E-state index in [4.69, 9.17) is 22.1 Å². The van der Waals surface area contributed by atoms with E-state index in [0.29, 0.717) is 18.0 Å². The second-order valence-corrected chi connectivity index (χ2v) is 8.50. The zero-order chi connectivity index (χ0) is 17.1. The minimum absolute atomic E-state index is 0.0250. The van der Waals surface area contributed by atoms with Gasteiger partial charge in [0.2, 0.25) is 5.95 Å². The van der Waals surface area contributed by atoms with E-state index in [0.717, 1.165) is 28.9 Å². The number of benzene rings is 1. The first kappa shape index (κ1) is 15.7. The van der Waals surface area contributed by atoms with Crippen molar-refractivity contribution in [2.75, 3.05) is 5.73 Å². The molecule has 0 amide bonds. The zero-order valence-electron chi connectivity index (χ0n) is 13.1. The molecule has 1 saturated carbocycles. The summed E-state index contributed by atoms with van der Waals surface area (Å²) in [6.45, 7) is 1.91. The minimum atomic E-state index is -3.91. The maximum Gasteiger partial charge on any atom is 0.284 e. The van der Waals surface area contributed by atoms with Crippen molar-refractivity contribution in [1.29, 1.82) is 0 Å². The molecule has 24 heavy (non-hydrogen) atoms. The van der Waals surface area contributed by atoms with E-state index < -0.39 is 10.0 Å². The molecule has 1 atom stereocenters. The topological polar surface area (TPSA) is 100 Å². The summed E-state index contributed by atoms with van der Waals surface area (Å²) in [5, 5.41) is 4.21. The molecule has 1 aliphatic carbocycles. The lowest BCUT2D eigenvalue weighted by Crippen LogP contribution is -2.22. The molecule has 2 aromatic rings. The molecule has 128 valence electrons. The number of nitrogens with zero attached hydrogens (tertiary/aromatic N) is 3. The highest BCUT2D eigenvalue weighted by molar-refractivity contribution is 7.89. The number of aromatic nitrogens is 3. The van der Waals surface area contributed by atoms with Crippen LogP contribution < -0.4 is 10.5 Å². The Kier molecular flexibility index (Phi) is 3.50. The third-order valence-electron chi connectivity index (χ3n) is 4.53. The largest absolute Gasteiger partial charge is 0.489 e. The van der Waals surface area contributed by atoms with Crippen LogP contribution in [0.2, 0.25) is 5.02 Å². The van der Waals surface area contributed by atoms with Gasteiger partial charge in [-0.1, -0.05) is 18.0 Å². The van der Waals surface area contributed by atoms with Crippen molar-refractivity contribution in [2.24, 2.45) is 0 Å². The Hall–Kier alpha value is -1.80. The first-order chi connectivity index (χ1) is 11.4. The van der Waals surface area contributed by atoms with Crippen LogP contribution in [0.15, 0.2) is 17.0 Å². The molecule has 9 heteroatoms. The summed E-state index contributed by atoms with van der Waals surface area (Å²) < 4.78 is 32.7. The van der Waals surface area contributed by atoms with Gasteiger partial charge in [-0.25, -0.2) is 0 Å². The molecule has 0 radical (unpaired) electrons. The van der Waals surface area contributed by atoms with Crippen molar-refractivity contribution >= 4 is 27.6 Å². The Balaban J connectivity index is 1.82. The molecule has 0 saturated heterocycles. The number of ether oxygens (including phenoxy) is 1. The van der Waals surface area contributed by atoms with Crippen LogP contribution in [-0.2, 0) is 16.4 Å². The van der Waals surface area contributed by atoms with E-state index in [9.17, 15) is 8.42 Å². The molecule has 4 rings (SSSR count). The molecule has 2 aliphatic rings. The lowest BCUT2D eigenvalue weighted by Gasteiger charge is -2.24. The number of nitrogen functional groups attached to an aromatic ring is 1. The molecule has 2 N–H and O–H groups in total. The Labute approximate surface area is 144 Å². The van der Waals surface area contributed by atoms with Gasteiger partial charge in [-0.05, 0) is 31.9 Å². The summed E-state index contributed by atoms with van der Waals surface area (Å²) in [6.07, 6.45) is 3.43. The molecule has 2 heterocycles. The van der Waals surface area contributed by atoms with Crippen molar-refractivity contribution in [2.45, 2.75) is 49.5 Å². The highest BCUT2D eigenvalue weighted by Crippen LogP contribution is 2.40. The molecule has 1 aromatic heterocycles. The first-order valence-corrected chi connectivity index (χ1v) is 9.65. The number of rotatable bonds is 3. The summed E-state index contributed by atoms with van der Waals surface area (Å²) in [5.41, 5.74) is 6.44. The van der Waals surface area contributed by atoms with E-state index >= 15 is 0 Å². The standard InChI is InChI=1S/C15H17ClN4O3S/c1-8-5-10-6-11(7-12(16)13(10)23-8)24(21,22)20-14(9-3-2-4-9)18-15(17)19-20/h6-9H,2-5H2,1H3,(H2,17,19). The van der Waals surface area contributed by atoms with Crippen molar-refractivity contribution in [3.63, 3.8) is 0 Å². The Morgan fingerprint density at radius 3 is 2.79 bits per heavy atom. The monoisotopic (exact) mass is 368 g/mol. The maximum atomic E-state index is 13.1. The fourth-order valence-corrected chi connectivity index (χ4v) is 4.86. The van der Waals surface area contributed by atoms with Gasteiger partial charge in [0.25, 0.3) is 10.0 Å². The molecule has 1 fully saturated rings. The van der Waals surface area contributed by atoms with Crippen molar-refractivity contribution < 1.29 is 13.2 Å². The third-order valence-corrected chi connectivity index (χ3v) is 6.37. The maximum absolute atomic E-state index is 13.1. The summed E-state index contributed by atoms with van der Waals surface area (Å²) >= 11 is 6.22. The summed E-state index contributed by atoms with van der Waals surface area (Å²) in [6, 6.07) is 3.00. The summed E-state index contributed by atoms with van der Waals surface area (Å²) in [7, 11) is -3.91. The van der Waals surface area contributed by atoms with Gasteiger partial charge in [0.15, 0.2) is 0 Å². The highest BCUT2D eigenvalue weighted by Gasteiger charge is 2.33. The predicted octanol–water partition coefficient (Wildman–Crippen LogP) is 2.34. The fourth-order valence-electron chi connectivity index (χ4n) is 3.13. The van der Waals surface area contributed by atoms with Crippen LogP contribution in [0.1, 0.15) is 43.5 Å². The average molecular weight is 369 g/mol. The Bertz CT molecular complexity index is 921. The predicted molar refractivity (Wildman–Crippen MR) is 88.9 cm³/mol. The Morgan fingerprint density at radius 1 is 1.38 bits per heavy atom. The van der Waals surface area contributed by atoms with E-state index in [-0.39, 0.29) is 27.9 Å². The number of nitrogens with two attached hydrogens (primary N) is 1. The van der Waals surface area contributed by atoms with Gasteiger partial charge in [0, 0.05) is 17.9 Å². The van der Waals surface area contributed by atoms with Gasteiger partial charge >= 0.3 is 0 Å². The third kappa shape index (κ3) is 2.36. The van der Waals surface area contributed by atoms with Gasteiger partial charge in [0.1, 0.15) is 17.7 Å².